The van der Waals surface area contributed by atoms with E-state index in [1.807, 2.05) is 13.8 Å². The van der Waals surface area contributed by atoms with Crippen LogP contribution in [0.4, 0.5) is 15.8 Å². The van der Waals surface area contributed by atoms with Crippen molar-refractivity contribution in [2.75, 3.05) is 31.6 Å². The topological polar surface area (TPSA) is 102 Å². The first-order valence-electron chi connectivity index (χ1n) is 9.58. The number of morpholine rings is 1. The highest BCUT2D eigenvalue weighted by atomic mass is 32.2. The number of rotatable bonds is 7. The molecule has 8 nitrogen and oxygen atoms in total. The van der Waals surface area contributed by atoms with Gasteiger partial charge in [-0.1, -0.05) is 26.0 Å². The third-order valence-electron chi connectivity index (χ3n) is 4.97. The Labute approximate surface area is 174 Å². The number of benzene rings is 2. The van der Waals surface area contributed by atoms with E-state index >= 15 is 0 Å². The van der Waals surface area contributed by atoms with Gasteiger partial charge in [-0.25, -0.2) is 12.8 Å². The van der Waals surface area contributed by atoms with Crippen LogP contribution in [-0.4, -0.2) is 43.9 Å². The van der Waals surface area contributed by atoms with Crippen molar-refractivity contribution < 1.29 is 22.5 Å². The summed E-state index contributed by atoms with van der Waals surface area (Å²) in [7, 11) is -3.98. The van der Waals surface area contributed by atoms with Crippen LogP contribution in [-0.2, 0) is 14.8 Å². The Morgan fingerprint density at radius 3 is 2.33 bits per heavy atom. The molecule has 0 amide bonds. The van der Waals surface area contributed by atoms with E-state index in [0.717, 1.165) is 11.6 Å². The van der Waals surface area contributed by atoms with Crippen LogP contribution in [0.5, 0.6) is 0 Å². The average Bonchev–Trinajstić information content (AvgIpc) is 2.73. The van der Waals surface area contributed by atoms with E-state index in [1.54, 1.807) is 12.1 Å². The number of hydrogen-bond donors (Lipinski definition) is 1. The van der Waals surface area contributed by atoms with Gasteiger partial charge in [0.1, 0.15) is 10.7 Å². The highest BCUT2D eigenvalue weighted by molar-refractivity contribution is 7.89. The van der Waals surface area contributed by atoms with Crippen LogP contribution in [0.25, 0.3) is 0 Å². The average molecular weight is 437 g/mol. The molecule has 1 aliphatic heterocycles. The van der Waals surface area contributed by atoms with Gasteiger partial charge in [0.2, 0.25) is 10.0 Å². The van der Waals surface area contributed by atoms with Crippen LogP contribution in [0.1, 0.15) is 25.5 Å². The Hall–Kier alpha value is -2.56. The molecular formula is C20H24FN3O5S. The predicted molar refractivity (Wildman–Crippen MR) is 110 cm³/mol. The molecule has 2 aromatic rings. The van der Waals surface area contributed by atoms with Crippen LogP contribution in [0.3, 0.4) is 0 Å². The van der Waals surface area contributed by atoms with Gasteiger partial charge in [-0.3, -0.25) is 10.1 Å². The lowest BCUT2D eigenvalue weighted by Crippen LogP contribution is -2.40. The zero-order chi connectivity index (χ0) is 21.9. The van der Waals surface area contributed by atoms with E-state index in [1.165, 1.54) is 28.6 Å². The number of sulfonamides is 1. The molecule has 0 bridgehead atoms. The van der Waals surface area contributed by atoms with Crippen LogP contribution in [0.2, 0.25) is 0 Å². The second-order valence-corrected chi connectivity index (χ2v) is 9.28. The monoisotopic (exact) mass is 437 g/mol. The zero-order valence-corrected chi connectivity index (χ0v) is 17.6. The SMILES string of the molecule is CC(C)[C@H](Nc1ccc([N+](=O)[O-])cc1S(=O)(=O)N1CCOCC1)c1ccc(F)cc1. The summed E-state index contributed by atoms with van der Waals surface area (Å²) in [5, 5.41) is 14.5. The van der Waals surface area contributed by atoms with Crippen molar-refractivity contribution in [1.29, 1.82) is 0 Å². The summed E-state index contributed by atoms with van der Waals surface area (Å²) in [6.07, 6.45) is 0. The molecular weight excluding hydrogens is 413 g/mol. The van der Waals surface area contributed by atoms with Gasteiger partial charge in [0.05, 0.1) is 29.9 Å². The van der Waals surface area contributed by atoms with Crippen LogP contribution in [0.15, 0.2) is 47.4 Å². The Morgan fingerprint density at radius 2 is 1.77 bits per heavy atom. The summed E-state index contributed by atoms with van der Waals surface area (Å²) >= 11 is 0. The van der Waals surface area contributed by atoms with E-state index in [4.69, 9.17) is 4.74 Å². The highest BCUT2D eigenvalue weighted by Gasteiger charge is 2.31. The smallest absolute Gasteiger partial charge is 0.270 e. The zero-order valence-electron chi connectivity index (χ0n) is 16.7. The first-order valence-corrected chi connectivity index (χ1v) is 11.0. The maximum absolute atomic E-state index is 13.3. The largest absolute Gasteiger partial charge is 0.379 e. The second kappa shape index (κ2) is 9.07. The third-order valence-corrected chi connectivity index (χ3v) is 6.91. The first-order chi connectivity index (χ1) is 14.2. The van der Waals surface area contributed by atoms with Gasteiger partial charge in [0.15, 0.2) is 0 Å². The minimum Gasteiger partial charge on any atom is -0.379 e. The lowest BCUT2D eigenvalue weighted by atomic mass is 9.95. The number of nitro groups is 1. The summed E-state index contributed by atoms with van der Waals surface area (Å²) in [4.78, 5) is 10.5. The van der Waals surface area contributed by atoms with Crippen molar-refractivity contribution >= 4 is 21.4 Å². The van der Waals surface area contributed by atoms with Gasteiger partial charge in [-0.15, -0.1) is 0 Å². The molecule has 1 saturated heterocycles. The number of ether oxygens (including phenoxy) is 1. The molecule has 0 aromatic heterocycles. The van der Waals surface area contributed by atoms with E-state index in [9.17, 15) is 22.9 Å². The molecule has 0 aliphatic carbocycles. The second-order valence-electron chi connectivity index (χ2n) is 7.37. The number of halogens is 1. The fourth-order valence-electron chi connectivity index (χ4n) is 3.36. The molecule has 30 heavy (non-hydrogen) atoms. The number of non-ortho nitro benzene ring substituents is 1. The quantitative estimate of drug-likeness (QED) is 0.525. The fourth-order valence-corrected chi connectivity index (χ4v) is 4.94. The van der Waals surface area contributed by atoms with Gasteiger partial charge < -0.3 is 10.1 Å². The van der Waals surface area contributed by atoms with Crippen molar-refractivity contribution in [3.8, 4) is 0 Å². The minimum absolute atomic E-state index is 0.0320. The number of nitrogens with one attached hydrogen (secondary N) is 1. The van der Waals surface area contributed by atoms with Gasteiger partial charge >= 0.3 is 0 Å². The van der Waals surface area contributed by atoms with Crippen molar-refractivity contribution in [3.05, 3.63) is 64.0 Å². The summed E-state index contributed by atoms with van der Waals surface area (Å²) in [6, 6.07) is 9.37. The van der Waals surface area contributed by atoms with Crippen LogP contribution in [0, 0.1) is 21.8 Å². The Bertz CT molecular complexity index is 1010. The molecule has 0 radical (unpaired) electrons. The van der Waals surface area contributed by atoms with E-state index in [0.29, 0.717) is 0 Å². The fraction of sp³-hybridized carbons (Fsp3) is 0.400. The molecule has 2 aromatic carbocycles. The summed E-state index contributed by atoms with van der Waals surface area (Å²) in [5.74, 6) is -0.336. The summed E-state index contributed by atoms with van der Waals surface area (Å²) in [6.45, 7) is 4.78. The third kappa shape index (κ3) is 4.77. The van der Waals surface area contributed by atoms with Crippen molar-refractivity contribution in [3.63, 3.8) is 0 Å². The van der Waals surface area contributed by atoms with Crippen LogP contribution >= 0.6 is 0 Å². The van der Waals surface area contributed by atoms with Crippen molar-refractivity contribution in [1.82, 2.24) is 4.31 Å². The Morgan fingerprint density at radius 1 is 1.13 bits per heavy atom. The van der Waals surface area contributed by atoms with E-state index < -0.39 is 14.9 Å². The molecule has 1 atom stereocenters. The standard InChI is InChI=1S/C20H24FN3O5S/c1-14(2)20(15-3-5-16(21)6-4-15)22-18-8-7-17(24(25)26)13-19(18)30(27,28)23-9-11-29-12-10-23/h3-8,13-14,20,22H,9-12H2,1-2H3/t20-/m0/s1. The lowest BCUT2D eigenvalue weighted by molar-refractivity contribution is -0.385. The van der Waals surface area contributed by atoms with Crippen molar-refractivity contribution in [2.24, 2.45) is 5.92 Å². The van der Waals surface area contributed by atoms with Crippen molar-refractivity contribution in [2.45, 2.75) is 24.8 Å². The van der Waals surface area contributed by atoms with E-state index in [-0.39, 0.29) is 60.4 Å². The molecule has 0 saturated carbocycles. The number of hydrogen-bond acceptors (Lipinski definition) is 6. The van der Waals surface area contributed by atoms with Gasteiger partial charge in [0.25, 0.3) is 5.69 Å². The number of nitrogens with zero attached hydrogens (tertiary/aromatic N) is 2. The van der Waals surface area contributed by atoms with Gasteiger partial charge in [-0.05, 0) is 29.7 Å². The van der Waals surface area contributed by atoms with E-state index in [2.05, 4.69) is 5.32 Å². The summed E-state index contributed by atoms with van der Waals surface area (Å²) in [5.41, 5.74) is 0.727. The van der Waals surface area contributed by atoms with Crippen LogP contribution < -0.4 is 5.32 Å². The molecule has 1 N–H and O–H groups in total. The maximum Gasteiger partial charge on any atom is 0.270 e. The molecule has 0 spiro atoms. The first kappa shape index (κ1) is 22.1. The molecule has 0 unspecified atom stereocenters. The normalized spacial score (nSPS) is 16.4. The molecule has 10 heteroatoms. The summed E-state index contributed by atoms with van der Waals surface area (Å²) < 4.78 is 46.4. The number of anilines is 1. The van der Waals surface area contributed by atoms with Gasteiger partial charge in [0, 0.05) is 25.2 Å². The lowest BCUT2D eigenvalue weighted by Gasteiger charge is -2.29. The minimum atomic E-state index is -3.98. The number of nitro benzene ring substituents is 1. The maximum atomic E-state index is 13.3. The molecule has 1 fully saturated rings. The molecule has 162 valence electrons. The Balaban J connectivity index is 2.04. The highest BCUT2D eigenvalue weighted by Crippen LogP contribution is 2.34. The molecule has 1 aliphatic rings. The predicted octanol–water partition coefficient (Wildman–Crippen LogP) is 3.56. The molecule has 1 heterocycles. The van der Waals surface area contributed by atoms with Gasteiger partial charge in [-0.2, -0.15) is 4.31 Å². The molecule has 3 rings (SSSR count). The Kier molecular flexibility index (Phi) is 6.69.